The van der Waals surface area contributed by atoms with Crippen molar-refractivity contribution in [1.82, 2.24) is 4.98 Å². The number of ether oxygens (including phenoxy) is 1. The van der Waals surface area contributed by atoms with E-state index in [-0.39, 0.29) is 35.4 Å². The molecule has 6 nitrogen and oxygen atoms in total. The van der Waals surface area contributed by atoms with Crippen LogP contribution in [0, 0.1) is 11.6 Å². The molecule has 0 aliphatic rings. The molecular formula is C18H16F2N2O4S. The Morgan fingerprint density at radius 3 is 2.48 bits per heavy atom. The summed E-state index contributed by atoms with van der Waals surface area (Å²) in [5.41, 5.74) is 0.0212. The largest absolute Gasteiger partial charge is 0.419 e. The number of methoxy groups -OCH3 is 1. The molecule has 0 unspecified atom stereocenters. The molecule has 0 aliphatic heterocycles. The molecule has 142 valence electrons. The van der Waals surface area contributed by atoms with Gasteiger partial charge in [0.2, 0.25) is 26.6 Å². The zero-order valence-corrected chi connectivity index (χ0v) is 15.1. The first kappa shape index (κ1) is 19.0. The van der Waals surface area contributed by atoms with Crippen molar-refractivity contribution in [3.8, 4) is 11.5 Å². The summed E-state index contributed by atoms with van der Waals surface area (Å²) in [4.78, 5) is 3.84. The number of nitrogens with zero attached hydrogens (tertiary/aromatic N) is 1. The van der Waals surface area contributed by atoms with Crippen LogP contribution in [0.25, 0.3) is 11.5 Å². The summed E-state index contributed by atoms with van der Waals surface area (Å²) in [5, 5.41) is 2.37. The predicted octanol–water partition coefficient (Wildman–Crippen LogP) is 3.51. The number of nitrogens with one attached hydrogen (secondary N) is 1. The molecule has 1 aromatic heterocycles. The molecule has 0 atom stereocenters. The fourth-order valence-electron chi connectivity index (χ4n) is 2.34. The van der Waals surface area contributed by atoms with Crippen molar-refractivity contribution >= 4 is 15.7 Å². The molecule has 0 spiro atoms. The highest BCUT2D eigenvalue weighted by Gasteiger charge is 2.29. The first-order valence-corrected chi connectivity index (χ1v) is 9.41. The second-order valence-corrected chi connectivity index (χ2v) is 7.38. The van der Waals surface area contributed by atoms with Crippen molar-refractivity contribution in [1.29, 1.82) is 0 Å². The van der Waals surface area contributed by atoms with Crippen LogP contribution in [0.3, 0.4) is 0 Å². The van der Waals surface area contributed by atoms with Gasteiger partial charge in [-0.25, -0.2) is 17.2 Å². The van der Waals surface area contributed by atoms with Gasteiger partial charge in [0.05, 0.1) is 17.1 Å². The fourth-order valence-corrected chi connectivity index (χ4v) is 3.62. The van der Waals surface area contributed by atoms with E-state index in [2.05, 4.69) is 10.3 Å². The molecule has 9 heteroatoms. The van der Waals surface area contributed by atoms with Crippen molar-refractivity contribution in [3.05, 3.63) is 60.2 Å². The van der Waals surface area contributed by atoms with E-state index in [0.29, 0.717) is 0 Å². The third-order valence-electron chi connectivity index (χ3n) is 3.67. The van der Waals surface area contributed by atoms with Gasteiger partial charge < -0.3 is 14.5 Å². The maximum atomic E-state index is 14.1. The molecule has 3 aromatic rings. The summed E-state index contributed by atoms with van der Waals surface area (Å²) in [6.07, 6.45) is 0. The molecule has 27 heavy (non-hydrogen) atoms. The van der Waals surface area contributed by atoms with E-state index in [1.165, 1.54) is 25.3 Å². The molecule has 1 N–H and O–H groups in total. The van der Waals surface area contributed by atoms with Crippen LogP contribution in [0.15, 0.2) is 62.9 Å². The van der Waals surface area contributed by atoms with Crippen LogP contribution in [-0.4, -0.2) is 33.7 Å². The zero-order chi connectivity index (χ0) is 19.4. The zero-order valence-electron chi connectivity index (χ0n) is 14.3. The van der Waals surface area contributed by atoms with Gasteiger partial charge >= 0.3 is 0 Å². The third kappa shape index (κ3) is 3.99. The summed E-state index contributed by atoms with van der Waals surface area (Å²) in [6.45, 7) is 0.528. The van der Waals surface area contributed by atoms with E-state index in [1.54, 1.807) is 6.07 Å². The highest BCUT2D eigenvalue weighted by molar-refractivity contribution is 7.91. The van der Waals surface area contributed by atoms with E-state index in [1.807, 2.05) is 0 Å². The van der Waals surface area contributed by atoms with Gasteiger partial charge in [0.1, 0.15) is 11.6 Å². The summed E-state index contributed by atoms with van der Waals surface area (Å²) < 4.78 is 63.4. The number of hydrogen-bond donors (Lipinski definition) is 1. The van der Waals surface area contributed by atoms with Crippen LogP contribution in [0.4, 0.5) is 14.7 Å². The van der Waals surface area contributed by atoms with Gasteiger partial charge in [-0.1, -0.05) is 12.1 Å². The average molecular weight is 394 g/mol. The number of hydrogen-bond acceptors (Lipinski definition) is 6. The Bertz CT molecular complexity index is 1030. The Morgan fingerprint density at radius 2 is 1.81 bits per heavy atom. The van der Waals surface area contributed by atoms with Crippen LogP contribution < -0.4 is 5.32 Å². The molecule has 0 aliphatic carbocycles. The summed E-state index contributed by atoms with van der Waals surface area (Å²) in [5.74, 6) is -1.50. The smallest absolute Gasteiger partial charge is 0.233 e. The highest BCUT2D eigenvalue weighted by Crippen LogP contribution is 2.33. The van der Waals surface area contributed by atoms with Gasteiger partial charge in [-0.2, -0.15) is 4.98 Å². The van der Waals surface area contributed by atoms with Gasteiger partial charge in [0, 0.05) is 13.7 Å². The second kappa shape index (κ2) is 7.85. The second-order valence-electron chi connectivity index (χ2n) is 5.51. The van der Waals surface area contributed by atoms with E-state index in [4.69, 9.17) is 9.15 Å². The first-order valence-electron chi connectivity index (χ1n) is 7.92. The molecule has 2 aromatic carbocycles. The topological polar surface area (TPSA) is 81.4 Å². The van der Waals surface area contributed by atoms with Crippen molar-refractivity contribution in [2.24, 2.45) is 0 Å². The van der Waals surface area contributed by atoms with Crippen LogP contribution in [0.5, 0.6) is 0 Å². The Hall–Kier alpha value is -2.78. The Labute approximate surface area is 154 Å². The minimum Gasteiger partial charge on any atom is -0.419 e. The van der Waals surface area contributed by atoms with Crippen molar-refractivity contribution in [3.63, 3.8) is 0 Å². The van der Waals surface area contributed by atoms with Gasteiger partial charge in [0.25, 0.3) is 0 Å². The van der Waals surface area contributed by atoms with E-state index in [9.17, 15) is 17.2 Å². The van der Waals surface area contributed by atoms with E-state index in [0.717, 1.165) is 24.3 Å². The standard InChI is InChI=1S/C18H16F2N2O4S/c1-25-11-10-21-17-18(27(23,24)13-8-6-12(19)7-9-13)22-16(26-17)14-4-2-3-5-15(14)20/h2-9,21H,10-11H2,1H3. The molecule has 0 saturated carbocycles. The molecular weight excluding hydrogens is 378 g/mol. The maximum absolute atomic E-state index is 14.1. The molecule has 0 bridgehead atoms. The summed E-state index contributed by atoms with van der Waals surface area (Å²) >= 11 is 0. The van der Waals surface area contributed by atoms with Gasteiger partial charge in [-0.15, -0.1) is 0 Å². The SMILES string of the molecule is COCCNc1oc(-c2ccccc2F)nc1S(=O)(=O)c1ccc(F)cc1. The normalized spacial score (nSPS) is 11.5. The maximum Gasteiger partial charge on any atom is 0.233 e. The van der Waals surface area contributed by atoms with Gasteiger partial charge in [0.15, 0.2) is 0 Å². The third-order valence-corrected chi connectivity index (χ3v) is 5.35. The lowest BCUT2D eigenvalue weighted by atomic mass is 10.2. The molecule has 0 amide bonds. The van der Waals surface area contributed by atoms with Crippen LogP contribution in [0.1, 0.15) is 0 Å². The minimum absolute atomic E-state index is 0.0212. The Morgan fingerprint density at radius 1 is 1.11 bits per heavy atom. The van der Waals surface area contributed by atoms with Gasteiger partial charge in [-0.3, -0.25) is 0 Å². The highest BCUT2D eigenvalue weighted by atomic mass is 32.2. The van der Waals surface area contributed by atoms with Crippen molar-refractivity contribution in [2.75, 3.05) is 25.6 Å². The minimum atomic E-state index is -4.12. The number of aromatic nitrogens is 1. The monoisotopic (exact) mass is 394 g/mol. The molecule has 0 saturated heterocycles. The first-order chi connectivity index (χ1) is 12.9. The van der Waals surface area contributed by atoms with Crippen LogP contribution >= 0.6 is 0 Å². The van der Waals surface area contributed by atoms with Crippen LogP contribution in [0.2, 0.25) is 0 Å². The lowest BCUT2D eigenvalue weighted by molar-refractivity contribution is 0.210. The number of benzene rings is 2. The molecule has 0 radical (unpaired) electrons. The molecule has 1 heterocycles. The van der Waals surface area contributed by atoms with Crippen LogP contribution in [-0.2, 0) is 14.6 Å². The Kier molecular flexibility index (Phi) is 5.52. The fraction of sp³-hybridized carbons (Fsp3) is 0.167. The number of oxazole rings is 1. The summed E-state index contributed by atoms with van der Waals surface area (Å²) in [6, 6.07) is 10.0. The number of rotatable bonds is 7. The average Bonchev–Trinajstić information content (AvgIpc) is 3.07. The van der Waals surface area contributed by atoms with Gasteiger partial charge in [-0.05, 0) is 36.4 Å². The number of anilines is 1. The lowest BCUT2D eigenvalue weighted by Gasteiger charge is -2.05. The summed E-state index contributed by atoms with van der Waals surface area (Å²) in [7, 11) is -2.63. The molecule has 3 rings (SSSR count). The van der Waals surface area contributed by atoms with E-state index < -0.39 is 26.5 Å². The predicted molar refractivity (Wildman–Crippen MR) is 94.1 cm³/mol. The number of sulfone groups is 1. The number of halogens is 2. The lowest BCUT2D eigenvalue weighted by Crippen LogP contribution is -2.11. The quantitative estimate of drug-likeness (QED) is 0.488. The molecule has 0 fully saturated rings. The Balaban J connectivity index is 2.09. The van der Waals surface area contributed by atoms with Crippen molar-refractivity contribution < 1.29 is 26.4 Å². The van der Waals surface area contributed by atoms with Crippen molar-refractivity contribution in [2.45, 2.75) is 9.92 Å². The van der Waals surface area contributed by atoms with E-state index >= 15 is 0 Å².